The van der Waals surface area contributed by atoms with Gasteiger partial charge in [-0.15, -0.1) is 0 Å². The second kappa shape index (κ2) is 8.97. The first-order valence-corrected chi connectivity index (χ1v) is 9.65. The van der Waals surface area contributed by atoms with Crippen LogP contribution >= 0.6 is 0 Å². The zero-order chi connectivity index (χ0) is 18.4. The van der Waals surface area contributed by atoms with Crippen molar-refractivity contribution in [3.05, 3.63) is 41.7 Å². The lowest BCUT2D eigenvalue weighted by Gasteiger charge is -2.35. The second-order valence-corrected chi connectivity index (χ2v) is 7.30. The van der Waals surface area contributed by atoms with E-state index in [4.69, 9.17) is 0 Å². The van der Waals surface area contributed by atoms with Crippen molar-refractivity contribution in [3.63, 3.8) is 0 Å². The molecular formula is C21H27FN2O2. The number of piperidine rings is 1. The average molecular weight is 358 g/mol. The molecule has 4 nitrogen and oxygen atoms in total. The molecule has 1 saturated heterocycles. The van der Waals surface area contributed by atoms with Crippen LogP contribution in [0.3, 0.4) is 0 Å². The number of hydrogen-bond acceptors (Lipinski definition) is 2. The first-order chi connectivity index (χ1) is 12.6. The normalized spacial score (nSPS) is 19.7. The van der Waals surface area contributed by atoms with E-state index in [0.717, 1.165) is 38.5 Å². The molecule has 3 rings (SSSR count). The zero-order valence-corrected chi connectivity index (χ0v) is 15.1. The first-order valence-electron chi connectivity index (χ1n) is 9.65. The minimum atomic E-state index is -0.342. The lowest BCUT2D eigenvalue weighted by Crippen LogP contribution is -2.48. The Labute approximate surface area is 154 Å². The Morgan fingerprint density at radius 1 is 1.04 bits per heavy atom. The molecule has 140 valence electrons. The van der Waals surface area contributed by atoms with Gasteiger partial charge < -0.3 is 10.2 Å². The number of benzene rings is 1. The summed E-state index contributed by atoms with van der Waals surface area (Å²) >= 11 is 0. The van der Waals surface area contributed by atoms with Gasteiger partial charge in [0.1, 0.15) is 5.82 Å². The summed E-state index contributed by atoms with van der Waals surface area (Å²) < 4.78 is 13.6. The molecule has 1 aliphatic carbocycles. The van der Waals surface area contributed by atoms with Crippen LogP contribution in [0.2, 0.25) is 0 Å². The largest absolute Gasteiger partial charge is 0.350 e. The first kappa shape index (κ1) is 18.6. The Kier molecular flexibility index (Phi) is 6.42. The molecule has 2 fully saturated rings. The van der Waals surface area contributed by atoms with Crippen molar-refractivity contribution in [1.82, 2.24) is 10.2 Å². The molecule has 0 bridgehead atoms. The molecule has 0 radical (unpaired) electrons. The number of likely N-dealkylation sites (tertiary alicyclic amines) is 1. The molecule has 0 spiro atoms. The fraction of sp³-hybridized carbons (Fsp3) is 0.524. The molecule has 1 saturated carbocycles. The van der Waals surface area contributed by atoms with Crippen molar-refractivity contribution in [1.29, 1.82) is 0 Å². The van der Waals surface area contributed by atoms with E-state index in [9.17, 15) is 14.0 Å². The van der Waals surface area contributed by atoms with E-state index in [1.807, 2.05) is 4.90 Å². The monoisotopic (exact) mass is 358 g/mol. The summed E-state index contributed by atoms with van der Waals surface area (Å²) in [6, 6.07) is 6.43. The lowest BCUT2D eigenvalue weighted by molar-refractivity contribution is -0.137. The minimum absolute atomic E-state index is 0.0724. The third-order valence-corrected chi connectivity index (χ3v) is 5.43. The summed E-state index contributed by atoms with van der Waals surface area (Å²) in [5.41, 5.74) is 0.399. The zero-order valence-electron chi connectivity index (χ0n) is 15.1. The predicted molar refractivity (Wildman–Crippen MR) is 99.8 cm³/mol. The van der Waals surface area contributed by atoms with Crippen molar-refractivity contribution < 1.29 is 14.0 Å². The van der Waals surface area contributed by atoms with Crippen molar-refractivity contribution in [2.24, 2.45) is 5.92 Å². The van der Waals surface area contributed by atoms with Gasteiger partial charge in [-0.2, -0.15) is 0 Å². The summed E-state index contributed by atoms with van der Waals surface area (Å²) in [7, 11) is 0. The fourth-order valence-electron chi connectivity index (χ4n) is 3.88. The number of nitrogens with one attached hydrogen (secondary N) is 1. The van der Waals surface area contributed by atoms with Crippen LogP contribution in [0, 0.1) is 11.7 Å². The Balaban J connectivity index is 1.44. The van der Waals surface area contributed by atoms with E-state index < -0.39 is 0 Å². The summed E-state index contributed by atoms with van der Waals surface area (Å²) in [5.74, 6) is -0.0519. The lowest BCUT2D eigenvalue weighted by atomic mass is 9.87. The van der Waals surface area contributed by atoms with Gasteiger partial charge in [0.25, 0.3) is 0 Å². The van der Waals surface area contributed by atoms with Crippen molar-refractivity contribution in [2.75, 3.05) is 13.1 Å². The molecule has 0 unspecified atom stereocenters. The average Bonchev–Trinajstić information content (AvgIpc) is 2.68. The maximum Gasteiger partial charge on any atom is 0.244 e. The number of halogens is 1. The van der Waals surface area contributed by atoms with Gasteiger partial charge in [-0.3, -0.25) is 9.59 Å². The molecule has 5 heteroatoms. The highest BCUT2D eigenvalue weighted by molar-refractivity contribution is 5.92. The third kappa shape index (κ3) is 4.93. The van der Waals surface area contributed by atoms with Gasteiger partial charge in [-0.25, -0.2) is 4.39 Å². The summed E-state index contributed by atoms with van der Waals surface area (Å²) in [6.07, 6.45) is 10.0. The number of amides is 2. The van der Waals surface area contributed by atoms with Gasteiger partial charge in [0, 0.05) is 36.7 Å². The predicted octanol–water partition coefficient (Wildman–Crippen LogP) is 3.53. The van der Waals surface area contributed by atoms with Crippen molar-refractivity contribution in [2.45, 2.75) is 51.0 Å². The number of rotatable bonds is 4. The Morgan fingerprint density at radius 3 is 2.42 bits per heavy atom. The van der Waals surface area contributed by atoms with Gasteiger partial charge in [-0.05, 0) is 37.8 Å². The van der Waals surface area contributed by atoms with E-state index in [-0.39, 0.29) is 23.7 Å². The van der Waals surface area contributed by atoms with Gasteiger partial charge in [0.15, 0.2) is 0 Å². The van der Waals surface area contributed by atoms with Crippen LogP contribution in [-0.2, 0) is 9.59 Å². The van der Waals surface area contributed by atoms with Crippen LogP contribution < -0.4 is 5.32 Å². The van der Waals surface area contributed by atoms with E-state index in [1.54, 1.807) is 18.2 Å². The van der Waals surface area contributed by atoms with Gasteiger partial charge >= 0.3 is 0 Å². The van der Waals surface area contributed by atoms with Crippen LogP contribution in [0.25, 0.3) is 6.08 Å². The van der Waals surface area contributed by atoms with E-state index in [1.165, 1.54) is 24.6 Å². The van der Waals surface area contributed by atoms with E-state index in [0.29, 0.717) is 24.6 Å². The molecule has 1 aromatic carbocycles. The van der Waals surface area contributed by atoms with E-state index in [2.05, 4.69) is 5.32 Å². The highest BCUT2D eigenvalue weighted by Gasteiger charge is 2.29. The van der Waals surface area contributed by atoms with E-state index >= 15 is 0 Å². The van der Waals surface area contributed by atoms with Gasteiger partial charge in [0.05, 0.1) is 0 Å². The molecule has 2 aliphatic rings. The molecule has 1 heterocycles. The molecule has 1 aromatic rings. The SMILES string of the molecule is O=C(/C=C/c1ccccc1F)NC1CCN(C(=O)C2CCCCC2)CC1. The Hall–Kier alpha value is -2.17. The quantitative estimate of drug-likeness (QED) is 0.837. The topological polar surface area (TPSA) is 49.4 Å². The van der Waals surface area contributed by atoms with Crippen LogP contribution in [0.5, 0.6) is 0 Å². The maximum atomic E-state index is 13.6. The molecular weight excluding hydrogens is 331 g/mol. The van der Waals surface area contributed by atoms with Crippen molar-refractivity contribution >= 4 is 17.9 Å². The third-order valence-electron chi connectivity index (χ3n) is 5.43. The smallest absolute Gasteiger partial charge is 0.244 e. The molecule has 0 aromatic heterocycles. The standard InChI is InChI=1S/C21H27FN2O2/c22-19-9-5-4-6-16(19)10-11-20(25)23-18-12-14-24(15-13-18)21(26)17-7-2-1-3-8-17/h4-6,9-11,17-18H,1-3,7-8,12-15H2,(H,23,25)/b11-10+. The van der Waals surface area contributed by atoms with Crippen LogP contribution in [0.15, 0.2) is 30.3 Å². The summed E-state index contributed by atoms with van der Waals surface area (Å²) in [6.45, 7) is 1.41. The second-order valence-electron chi connectivity index (χ2n) is 7.30. The summed E-state index contributed by atoms with van der Waals surface area (Å²) in [4.78, 5) is 26.6. The highest BCUT2D eigenvalue weighted by Crippen LogP contribution is 2.26. The van der Waals surface area contributed by atoms with Crippen molar-refractivity contribution in [3.8, 4) is 0 Å². The highest BCUT2D eigenvalue weighted by atomic mass is 19.1. The molecule has 1 N–H and O–H groups in total. The molecule has 1 aliphatic heterocycles. The Bertz CT molecular complexity index is 660. The fourth-order valence-corrected chi connectivity index (χ4v) is 3.88. The van der Waals surface area contributed by atoms with Crippen LogP contribution in [-0.4, -0.2) is 35.8 Å². The van der Waals surface area contributed by atoms with Gasteiger partial charge in [0.2, 0.25) is 11.8 Å². The molecule has 2 amide bonds. The number of carbonyl (C=O) groups is 2. The summed E-state index contributed by atoms with van der Waals surface area (Å²) in [5, 5.41) is 2.96. The maximum absolute atomic E-state index is 13.6. The Morgan fingerprint density at radius 2 is 1.73 bits per heavy atom. The number of nitrogens with zero attached hydrogens (tertiary/aromatic N) is 1. The minimum Gasteiger partial charge on any atom is -0.350 e. The van der Waals surface area contributed by atoms with Gasteiger partial charge in [-0.1, -0.05) is 37.5 Å². The number of hydrogen-bond donors (Lipinski definition) is 1. The van der Waals surface area contributed by atoms with Crippen LogP contribution in [0.4, 0.5) is 4.39 Å². The molecule has 0 atom stereocenters. The molecule has 26 heavy (non-hydrogen) atoms. The number of carbonyl (C=O) groups excluding carboxylic acids is 2. The van der Waals surface area contributed by atoms with Crippen LogP contribution in [0.1, 0.15) is 50.5 Å².